The number of halogens is 1. The molecule has 5 nitrogen and oxygen atoms in total. The number of carbonyl (C=O) groups is 2. The van der Waals surface area contributed by atoms with Crippen LogP contribution in [-0.4, -0.2) is 33.5 Å². The van der Waals surface area contributed by atoms with Crippen molar-refractivity contribution in [3.63, 3.8) is 0 Å². The number of carboxylic acids is 1. The molecule has 22 heavy (non-hydrogen) atoms. The zero-order valence-electron chi connectivity index (χ0n) is 12.6. The second kappa shape index (κ2) is 8.43. The fraction of sp³-hybridized carbons (Fsp3) is 0.467. The fourth-order valence-corrected chi connectivity index (χ4v) is 2.90. The van der Waals surface area contributed by atoms with E-state index in [9.17, 15) is 13.8 Å². The topological polar surface area (TPSA) is 83.5 Å². The van der Waals surface area contributed by atoms with Crippen molar-refractivity contribution in [3.8, 4) is 0 Å². The Kier molecular flexibility index (Phi) is 7.22. The van der Waals surface area contributed by atoms with Gasteiger partial charge in [0, 0.05) is 28.1 Å². The highest BCUT2D eigenvalue weighted by atomic mass is 79.9. The van der Waals surface area contributed by atoms with E-state index in [1.165, 1.54) is 0 Å². The number of nitrogens with one attached hydrogen (secondary N) is 1. The van der Waals surface area contributed by atoms with E-state index in [2.05, 4.69) is 21.2 Å². The van der Waals surface area contributed by atoms with Gasteiger partial charge in [0.15, 0.2) is 0 Å². The zero-order chi connectivity index (χ0) is 16.8. The molecule has 0 fully saturated rings. The minimum Gasteiger partial charge on any atom is -0.481 e. The van der Waals surface area contributed by atoms with Gasteiger partial charge in [-0.2, -0.15) is 0 Å². The third-order valence-electron chi connectivity index (χ3n) is 3.12. The summed E-state index contributed by atoms with van der Waals surface area (Å²) in [6.07, 6.45) is 0.722. The van der Waals surface area contributed by atoms with Crippen molar-refractivity contribution in [2.75, 3.05) is 12.3 Å². The first-order valence-corrected chi connectivity index (χ1v) is 8.97. The number of hydrogen-bond acceptors (Lipinski definition) is 3. The quantitative estimate of drug-likeness (QED) is 0.715. The van der Waals surface area contributed by atoms with E-state index in [1.807, 2.05) is 12.1 Å². The summed E-state index contributed by atoms with van der Waals surface area (Å²) >= 11 is 3.32. The van der Waals surface area contributed by atoms with Gasteiger partial charge in [-0.05, 0) is 44.5 Å². The van der Waals surface area contributed by atoms with Gasteiger partial charge in [0.2, 0.25) is 5.91 Å². The number of carboxylic acid groups (broad SMARTS) is 1. The standard InChI is InChI=1S/C15H20BrNO4S/c1-15(2,14(19)20)10-17-13(18)4-3-9-22(21)12-7-5-11(16)6-8-12/h5-8H,3-4,9-10H2,1-2H3,(H,17,18)(H,19,20). The van der Waals surface area contributed by atoms with E-state index in [0.29, 0.717) is 12.2 Å². The molecule has 1 aromatic carbocycles. The fourth-order valence-electron chi connectivity index (χ4n) is 1.55. The van der Waals surface area contributed by atoms with Crippen molar-refractivity contribution < 1.29 is 18.9 Å². The first-order valence-electron chi connectivity index (χ1n) is 6.86. The van der Waals surface area contributed by atoms with Gasteiger partial charge in [-0.25, -0.2) is 0 Å². The Bertz CT molecular complexity index is 557. The van der Waals surface area contributed by atoms with Crippen LogP contribution >= 0.6 is 15.9 Å². The van der Waals surface area contributed by atoms with E-state index in [0.717, 1.165) is 9.37 Å². The highest BCUT2D eigenvalue weighted by Crippen LogP contribution is 2.15. The number of carbonyl (C=O) groups excluding carboxylic acids is 1. The van der Waals surface area contributed by atoms with Gasteiger partial charge in [-0.1, -0.05) is 15.9 Å². The molecule has 1 rings (SSSR count). The van der Waals surface area contributed by atoms with Crippen LogP contribution in [0.3, 0.4) is 0 Å². The minimum absolute atomic E-state index is 0.0803. The monoisotopic (exact) mass is 389 g/mol. The van der Waals surface area contributed by atoms with Gasteiger partial charge in [-0.3, -0.25) is 13.8 Å². The van der Waals surface area contributed by atoms with Crippen molar-refractivity contribution in [2.24, 2.45) is 5.41 Å². The maximum Gasteiger partial charge on any atom is 0.310 e. The Morgan fingerprint density at radius 2 is 1.86 bits per heavy atom. The van der Waals surface area contributed by atoms with E-state index in [1.54, 1.807) is 26.0 Å². The molecule has 2 N–H and O–H groups in total. The third kappa shape index (κ3) is 6.27. The van der Waals surface area contributed by atoms with Gasteiger partial charge in [0.05, 0.1) is 16.2 Å². The summed E-state index contributed by atoms with van der Waals surface area (Å²) in [7, 11) is -1.13. The Balaban J connectivity index is 2.32. The summed E-state index contributed by atoms with van der Waals surface area (Å²) in [5, 5.41) is 11.6. The molecular formula is C15H20BrNO4S. The number of rotatable bonds is 8. The number of hydrogen-bond donors (Lipinski definition) is 2. The van der Waals surface area contributed by atoms with E-state index < -0.39 is 22.2 Å². The second-order valence-corrected chi connectivity index (χ2v) is 8.06. The largest absolute Gasteiger partial charge is 0.481 e. The molecule has 0 aliphatic carbocycles. The number of amides is 1. The normalized spacial score (nSPS) is 12.7. The van der Waals surface area contributed by atoms with Crippen molar-refractivity contribution in [1.82, 2.24) is 5.32 Å². The first kappa shape index (κ1) is 18.8. The molecule has 0 heterocycles. The van der Waals surface area contributed by atoms with Crippen LogP contribution in [0.2, 0.25) is 0 Å². The smallest absolute Gasteiger partial charge is 0.310 e. The molecule has 1 unspecified atom stereocenters. The summed E-state index contributed by atoms with van der Waals surface area (Å²) in [6, 6.07) is 7.23. The van der Waals surface area contributed by atoms with Gasteiger partial charge in [0.25, 0.3) is 0 Å². The Labute approximate surface area is 141 Å². The highest BCUT2D eigenvalue weighted by Gasteiger charge is 2.27. The summed E-state index contributed by atoms with van der Waals surface area (Å²) in [6.45, 7) is 3.19. The van der Waals surface area contributed by atoms with Crippen LogP contribution in [0.5, 0.6) is 0 Å². The van der Waals surface area contributed by atoms with Gasteiger partial charge >= 0.3 is 5.97 Å². The van der Waals surface area contributed by atoms with Gasteiger partial charge in [-0.15, -0.1) is 0 Å². The summed E-state index contributed by atoms with van der Waals surface area (Å²) in [4.78, 5) is 23.3. The van der Waals surface area contributed by atoms with Crippen LogP contribution in [0.1, 0.15) is 26.7 Å². The average molecular weight is 390 g/mol. The van der Waals surface area contributed by atoms with Crippen LogP contribution < -0.4 is 5.32 Å². The molecular weight excluding hydrogens is 370 g/mol. The summed E-state index contributed by atoms with van der Waals surface area (Å²) in [5.41, 5.74) is -0.990. The number of benzene rings is 1. The maximum atomic E-state index is 12.0. The molecule has 0 saturated heterocycles. The second-order valence-electron chi connectivity index (χ2n) is 5.57. The van der Waals surface area contributed by atoms with Crippen molar-refractivity contribution in [1.29, 1.82) is 0 Å². The van der Waals surface area contributed by atoms with Crippen molar-refractivity contribution in [2.45, 2.75) is 31.6 Å². The lowest BCUT2D eigenvalue weighted by molar-refractivity contribution is -0.146. The predicted octanol–water partition coefficient (Wildman–Crippen LogP) is 2.56. The summed E-state index contributed by atoms with van der Waals surface area (Å²) < 4.78 is 13.0. The Hall–Kier alpha value is -1.21. The zero-order valence-corrected chi connectivity index (χ0v) is 15.0. The third-order valence-corrected chi connectivity index (χ3v) is 5.10. The molecule has 0 saturated carbocycles. The van der Waals surface area contributed by atoms with Crippen LogP contribution in [0.15, 0.2) is 33.6 Å². The lowest BCUT2D eigenvalue weighted by Gasteiger charge is -2.19. The molecule has 0 aliphatic rings. The van der Waals surface area contributed by atoms with E-state index in [4.69, 9.17) is 5.11 Å². The van der Waals surface area contributed by atoms with Crippen molar-refractivity contribution in [3.05, 3.63) is 28.7 Å². The van der Waals surface area contributed by atoms with Gasteiger partial charge < -0.3 is 10.4 Å². The SMILES string of the molecule is CC(C)(CNC(=O)CCCS(=O)c1ccc(Br)cc1)C(=O)O. The molecule has 1 atom stereocenters. The van der Waals surface area contributed by atoms with Gasteiger partial charge in [0.1, 0.15) is 0 Å². The van der Waals surface area contributed by atoms with Crippen LogP contribution in [0.4, 0.5) is 0 Å². The van der Waals surface area contributed by atoms with Crippen molar-refractivity contribution >= 4 is 38.6 Å². The summed E-state index contributed by atoms with van der Waals surface area (Å²) in [5.74, 6) is -0.775. The molecule has 0 aromatic heterocycles. The lowest BCUT2D eigenvalue weighted by atomic mass is 9.94. The first-order chi connectivity index (χ1) is 10.2. The van der Waals surface area contributed by atoms with Crippen LogP contribution in [-0.2, 0) is 20.4 Å². The molecule has 7 heteroatoms. The molecule has 122 valence electrons. The molecule has 0 bridgehead atoms. The highest BCUT2D eigenvalue weighted by molar-refractivity contribution is 9.10. The Morgan fingerprint density at radius 3 is 2.41 bits per heavy atom. The van der Waals surface area contributed by atoms with E-state index >= 15 is 0 Å². The van der Waals surface area contributed by atoms with E-state index in [-0.39, 0.29) is 18.9 Å². The average Bonchev–Trinajstić information content (AvgIpc) is 2.45. The van der Waals surface area contributed by atoms with Crippen LogP contribution in [0, 0.1) is 5.41 Å². The number of aliphatic carboxylic acids is 1. The molecule has 0 radical (unpaired) electrons. The minimum atomic E-state index is -1.13. The molecule has 0 aliphatic heterocycles. The molecule has 1 aromatic rings. The van der Waals surface area contributed by atoms with Crippen LogP contribution in [0.25, 0.3) is 0 Å². The lowest BCUT2D eigenvalue weighted by Crippen LogP contribution is -2.38. The predicted molar refractivity (Wildman–Crippen MR) is 89.1 cm³/mol. The Morgan fingerprint density at radius 1 is 1.27 bits per heavy atom. The molecule has 1 amide bonds. The molecule has 0 spiro atoms. The maximum absolute atomic E-state index is 12.0.